The zero-order chi connectivity index (χ0) is 12.3. The van der Waals surface area contributed by atoms with E-state index in [0.29, 0.717) is 16.9 Å². The molecule has 0 saturated heterocycles. The van der Waals surface area contributed by atoms with Crippen LogP contribution in [-0.2, 0) is 0 Å². The third-order valence-electron chi connectivity index (χ3n) is 3.02. The number of benzene rings is 1. The van der Waals surface area contributed by atoms with Gasteiger partial charge in [-0.1, -0.05) is 38.4 Å². The Balaban J connectivity index is 2.96. The second kappa shape index (κ2) is 5.79. The number of hydrogen-bond acceptors (Lipinski definition) is 1. The van der Waals surface area contributed by atoms with Crippen LogP contribution in [0.2, 0.25) is 5.02 Å². The van der Waals surface area contributed by atoms with E-state index in [0.717, 1.165) is 11.3 Å². The van der Waals surface area contributed by atoms with E-state index in [9.17, 15) is 0 Å². The summed E-state index contributed by atoms with van der Waals surface area (Å²) in [6.45, 7) is 6.47. The van der Waals surface area contributed by atoms with Crippen LogP contribution >= 0.6 is 23.2 Å². The fourth-order valence-electron chi connectivity index (χ4n) is 1.48. The van der Waals surface area contributed by atoms with E-state index >= 15 is 0 Å². The van der Waals surface area contributed by atoms with Gasteiger partial charge in [-0.25, -0.2) is 0 Å². The molecule has 1 aromatic rings. The Labute approximate surface area is 108 Å². The van der Waals surface area contributed by atoms with Crippen LogP contribution < -0.4 is 4.74 Å². The molecule has 1 aromatic carbocycles. The van der Waals surface area contributed by atoms with Crippen LogP contribution in [0.4, 0.5) is 0 Å². The molecular weight excluding hydrogens is 243 g/mol. The molecule has 0 aliphatic carbocycles. The molecule has 0 saturated carbocycles. The fourth-order valence-corrected chi connectivity index (χ4v) is 2.30. The van der Waals surface area contributed by atoms with E-state index in [2.05, 4.69) is 20.8 Å². The number of alkyl halides is 1. The predicted octanol–water partition coefficient (Wildman–Crippen LogP) is 4.92. The monoisotopic (exact) mass is 260 g/mol. The Morgan fingerprint density at radius 3 is 2.25 bits per heavy atom. The van der Waals surface area contributed by atoms with Gasteiger partial charge in [0, 0.05) is 5.02 Å². The maximum Gasteiger partial charge on any atom is 0.120 e. The maximum atomic E-state index is 6.43. The van der Waals surface area contributed by atoms with E-state index in [4.69, 9.17) is 27.9 Å². The van der Waals surface area contributed by atoms with Crippen molar-refractivity contribution in [3.63, 3.8) is 0 Å². The average molecular weight is 261 g/mol. The lowest BCUT2D eigenvalue weighted by Gasteiger charge is -2.22. The minimum atomic E-state index is -0.0570. The molecule has 0 heterocycles. The minimum Gasteiger partial charge on any atom is -0.497 e. The Morgan fingerprint density at radius 2 is 1.81 bits per heavy atom. The number of rotatable bonds is 4. The zero-order valence-electron chi connectivity index (χ0n) is 10.1. The van der Waals surface area contributed by atoms with E-state index < -0.39 is 0 Å². The highest BCUT2D eigenvalue weighted by Crippen LogP contribution is 2.38. The van der Waals surface area contributed by atoms with Crippen molar-refractivity contribution in [2.45, 2.75) is 26.1 Å². The summed E-state index contributed by atoms with van der Waals surface area (Å²) in [5, 5.41) is 0.616. The van der Waals surface area contributed by atoms with Gasteiger partial charge in [0.1, 0.15) is 5.75 Å². The SMILES string of the molecule is COc1ccc(C(Cl)C(C)C(C)C)c(Cl)c1. The second-order valence-corrected chi connectivity index (χ2v) is 5.27. The number of ether oxygens (including phenoxy) is 1. The van der Waals surface area contributed by atoms with Gasteiger partial charge in [-0.3, -0.25) is 0 Å². The summed E-state index contributed by atoms with van der Waals surface area (Å²) in [6, 6.07) is 5.64. The topological polar surface area (TPSA) is 9.23 Å². The van der Waals surface area contributed by atoms with E-state index in [-0.39, 0.29) is 5.38 Å². The van der Waals surface area contributed by atoms with Gasteiger partial charge in [-0.2, -0.15) is 0 Å². The van der Waals surface area contributed by atoms with Gasteiger partial charge in [0.05, 0.1) is 12.5 Å². The van der Waals surface area contributed by atoms with E-state index in [1.165, 1.54) is 0 Å². The summed E-state index contributed by atoms with van der Waals surface area (Å²) in [5.74, 6) is 1.67. The van der Waals surface area contributed by atoms with Crippen LogP contribution in [0.25, 0.3) is 0 Å². The molecule has 3 heteroatoms. The predicted molar refractivity (Wildman–Crippen MR) is 70.6 cm³/mol. The first kappa shape index (κ1) is 13.7. The minimum absolute atomic E-state index is 0.0570. The van der Waals surface area contributed by atoms with Crippen molar-refractivity contribution in [3.8, 4) is 5.75 Å². The highest BCUT2D eigenvalue weighted by Gasteiger charge is 2.21. The Kier molecular flexibility index (Phi) is 4.94. The summed E-state index contributed by atoms with van der Waals surface area (Å²) >= 11 is 12.6. The molecule has 0 radical (unpaired) electrons. The highest BCUT2D eigenvalue weighted by atomic mass is 35.5. The molecule has 0 spiro atoms. The van der Waals surface area contributed by atoms with Crippen LogP contribution in [0.1, 0.15) is 31.7 Å². The van der Waals surface area contributed by atoms with Gasteiger partial charge in [0.2, 0.25) is 0 Å². The summed E-state index contributed by atoms with van der Waals surface area (Å²) in [5.41, 5.74) is 0.977. The van der Waals surface area contributed by atoms with Crippen molar-refractivity contribution in [3.05, 3.63) is 28.8 Å². The second-order valence-electron chi connectivity index (χ2n) is 4.39. The first-order valence-corrected chi connectivity index (χ1v) is 6.26. The van der Waals surface area contributed by atoms with Crippen molar-refractivity contribution in [1.29, 1.82) is 0 Å². The average Bonchev–Trinajstić information content (AvgIpc) is 2.26. The quantitative estimate of drug-likeness (QED) is 0.699. The number of halogens is 2. The van der Waals surface area contributed by atoms with Crippen molar-refractivity contribution in [2.75, 3.05) is 7.11 Å². The summed E-state index contributed by atoms with van der Waals surface area (Å²) in [4.78, 5) is 0. The molecule has 0 fully saturated rings. The molecule has 0 bridgehead atoms. The molecule has 0 amide bonds. The van der Waals surface area contributed by atoms with E-state index in [1.807, 2.05) is 12.1 Å². The zero-order valence-corrected chi connectivity index (χ0v) is 11.6. The molecule has 0 aliphatic rings. The molecule has 2 atom stereocenters. The van der Waals surface area contributed by atoms with Gasteiger partial charge < -0.3 is 4.74 Å². The lowest BCUT2D eigenvalue weighted by Crippen LogP contribution is -2.11. The summed E-state index contributed by atoms with van der Waals surface area (Å²) in [7, 11) is 1.63. The molecule has 1 nitrogen and oxygen atoms in total. The molecule has 90 valence electrons. The molecular formula is C13H18Cl2O. The van der Waals surface area contributed by atoms with Crippen LogP contribution in [0, 0.1) is 11.8 Å². The van der Waals surface area contributed by atoms with Crippen molar-refractivity contribution in [2.24, 2.45) is 11.8 Å². The molecule has 0 aliphatic heterocycles. The fraction of sp³-hybridized carbons (Fsp3) is 0.538. The third kappa shape index (κ3) is 3.05. The van der Waals surface area contributed by atoms with Gasteiger partial charge >= 0.3 is 0 Å². The number of methoxy groups -OCH3 is 1. The standard InChI is InChI=1S/C13H18Cl2O/c1-8(2)9(3)13(15)11-6-5-10(16-4)7-12(11)14/h5-9,13H,1-4H3. The molecule has 2 unspecified atom stereocenters. The first-order chi connectivity index (χ1) is 7.47. The van der Waals surface area contributed by atoms with Crippen molar-refractivity contribution < 1.29 is 4.74 Å². The van der Waals surface area contributed by atoms with Crippen LogP contribution in [0.3, 0.4) is 0 Å². The largest absolute Gasteiger partial charge is 0.497 e. The smallest absolute Gasteiger partial charge is 0.120 e. The van der Waals surface area contributed by atoms with Crippen LogP contribution in [0.15, 0.2) is 18.2 Å². The highest BCUT2D eigenvalue weighted by molar-refractivity contribution is 6.33. The Morgan fingerprint density at radius 1 is 1.19 bits per heavy atom. The molecule has 0 N–H and O–H groups in total. The van der Waals surface area contributed by atoms with Crippen LogP contribution in [-0.4, -0.2) is 7.11 Å². The lowest BCUT2D eigenvalue weighted by atomic mass is 9.90. The maximum absolute atomic E-state index is 6.43. The van der Waals surface area contributed by atoms with E-state index in [1.54, 1.807) is 13.2 Å². The van der Waals surface area contributed by atoms with Gasteiger partial charge in [0.25, 0.3) is 0 Å². The number of hydrogen-bond donors (Lipinski definition) is 0. The van der Waals surface area contributed by atoms with Crippen molar-refractivity contribution in [1.82, 2.24) is 0 Å². The lowest BCUT2D eigenvalue weighted by molar-refractivity contribution is 0.403. The first-order valence-electron chi connectivity index (χ1n) is 5.44. The Bertz CT molecular complexity index is 350. The molecule has 0 aromatic heterocycles. The summed E-state index contributed by atoms with van der Waals surface area (Å²) in [6.07, 6.45) is 0. The Hall–Kier alpha value is -0.400. The summed E-state index contributed by atoms with van der Waals surface area (Å²) < 4.78 is 5.11. The van der Waals surface area contributed by atoms with Crippen molar-refractivity contribution >= 4 is 23.2 Å². The third-order valence-corrected chi connectivity index (χ3v) is 3.98. The van der Waals surface area contributed by atoms with Gasteiger partial charge in [0.15, 0.2) is 0 Å². The molecule has 16 heavy (non-hydrogen) atoms. The van der Waals surface area contributed by atoms with Gasteiger partial charge in [-0.05, 0) is 29.5 Å². The van der Waals surface area contributed by atoms with Crippen LogP contribution in [0.5, 0.6) is 5.75 Å². The van der Waals surface area contributed by atoms with Gasteiger partial charge in [-0.15, -0.1) is 11.6 Å². The normalized spacial score (nSPS) is 14.9. The molecule has 1 rings (SSSR count).